The molecule has 0 fully saturated rings. The van der Waals surface area contributed by atoms with E-state index in [2.05, 4.69) is 4.98 Å². The van der Waals surface area contributed by atoms with Gasteiger partial charge < -0.3 is 10.3 Å². The summed E-state index contributed by atoms with van der Waals surface area (Å²) in [7, 11) is 1.86. The van der Waals surface area contributed by atoms with Gasteiger partial charge in [-0.25, -0.2) is 4.98 Å². The second-order valence-electron chi connectivity index (χ2n) is 3.48. The highest BCUT2D eigenvalue weighted by Crippen LogP contribution is 2.30. The van der Waals surface area contributed by atoms with Gasteiger partial charge in [0, 0.05) is 12.6 Å². The maximum atomic E-state index is 6.04. The van der Waals surface area contributed by atoms with Gasteiger partial charge in [0.15, 0.2) is 5.15 Å². The van der Waals surface area contributed by atoms with E-state index in [4.69, 9.17) is 17.3 Å². The van der Waals surface area contributed by atoms with Gasteiger partial charge in [-0.3, -0.25) is 0 Å². The molecule has 1 aromatic carbocycles. The Balaban J connectivity index is 2.69. The van der Waals surface area contributed by atoms with Crippen molar-refractivity contribution in [2.45, 2.75) is 6.92 Å². The average molecular weight is 222 g/mol. The Hall–Kier alpha value is -1.48. The van der Waals surface area contributed by atoms with Gasteiger partial charge in [-0.15, -0.1) is 0 Å². The lowest BCUT2D eigenvalue weighted by molar-refractivity contribution is 0.937. The van der Waals surface area contributed by atoms with E-state index in [-0.39, 0.29) is 0 Å². The van der Waals surface area contributed by atoms with Crippen LogP contribution in [0, 0.1) is 6.92 Å². The molecule has 4 heteroatoms. The fraction of sp³-hybridized carbons (Fsp3) is 0.182. The van der Waals surface area contributed by atoms with Gasteiger partial charge in [0.05, 0.1) is 5.69 Å². The molecule has 0 unspecified atom stereocenters. The van der Waals surface area contributed by atoms with Crippen molar-refractivity contribution in [2.75, 3.05) is 5.73 Å². The molecular formula is C11H12ClN3. The first-order valence-corrected chi connectivity index (χ1v) is 5.02. The maximum Gasteiger partial charge on any atom is 0.201 e. The van der Waals surface area contributed by atoms with Gasteiger partial charge in [0.25, 0.3) is 0 Å². The van der Waals surface area contributed by atoms with Crippen molar-refractivity contribution in [1.29, 1.82) is 0 Å². The van der Waals surface area contributed by atoms with Gasteiger partial charge in [0.1, 0.15) is 0 Å². The van der Waals surface area contributed by atoms with Gasteiger partial charge in [-0.05, 0) is 12.5 Å². The molecule has 0 amide bonds. The molecule has 0 spiro atoms. The van der Waals surface area contributed by atoms with Crippen LogP contribution in [-0.4, -0.2) is 9.55 Å². The minimum Gasteiger partial charge on any atom is -0.369 e. The molecule has 0 aliphatic carbocycles. The summed E-state index contributed by atoms with van der Waals surface area (Å²) >= 11 is 6.04. The summed E-state index contributed by atoms with van der Waals surface area (Å²) in [4.78, 5) is 4.03. The highest BCUT2D eigenvalue weighted by atomic mass is 35.5. The van der Waals surface area contributed by atoms with Crippen LogP contribution in [0.3, 0.4) is 0 Å². The third-order valence-electron chi connectivity index (χ3n) is 2.49. The molecule has 2 aromatic rings. The van der Waals surface area contributed by atoms with Gasteiger partial charge in [-0.2, -0.15) is 0 Å². The molecule has 0 radical (unpaired) electrons. The van der Waals surface area contributed by atoms with E-state index in [1.54, 1.807) is 4.57 Å². The van der Waals surface area contributed by atoms with Crippen LogP contribution < -0.4 is 5.73 Å². The van der Waals surface area contributed by atoms with Crippen LogP contribution in [0.5, 0.6) is 0 Å². The predicted molar refractivity (Wildman–Crippen MR) is 62.8 cm³/mol. The summed E-state index contributed by atoms with van der Waals surface area (Å²) in [5.41, 5.74) is 8.78. The lowest BCUT2D eigenvalue weighted by atomic mass is 10.1. The van der Waals surface area contributed by atoms with Crippen molar-refractivity contribution in [3.05, 3.63) is 35.0 Å². The highest BCUT2D eigenvalue weighted by Gasteiger charge is 2.13. The van der Waals surface area contributed by atoms with Crippen LogP contribution >= 0.6 is 11.6 Å². The number of aryl methyl sites for hydroxylation is 1. The zero-order valence-electron chi connectivity index (χ0n) is 8.66. The zero-order chi connectivity index (χ0) is 11.0. The summed E-state index contributed by atoms with van der Waals surface area (Å²) in [5.74, 6) is 0.429. The topological polar surface area (TPSA) is 43.8 Å². The van der Waals surface area contributed by atoms with Gasteiger partial charge in [0.2, 0.25) is 5.95 Å². The quantitative estimate of drug-likeness (QED) is 0.805. The number of rotatable bonds is 1. The van der Waals surface area contributed by atoms with E-state index >= 15 is 0 Å². The summed E-state index contributed by atoms with van der Waals surface area (Å²) in [6.07, 6.45) is 0. The molecule has 0 saturated heterocycles. The molecule has 2 rings (SSSR count). The number of imidazole rings is 1. The minimum atomic E-state index is 0.429. The third kappa shape index (κ3) is 1.59. The van der Waals surface area contributed by atoms with Crippen molar-refractivity contribution in [2.24, 2.45) is 7.05 Å². The Morgan fingerprint density at radius 3 is 2.53 bits per heavy atom. The molecule has 3 nitrogen and oxygen atoms in total. The van der Waals surface area contributed by atoms with Crippen LogP contribution in [0.4, 0.5) is 5.95 Å². The summed E-state index contributed by atoms with van der Waals surface area (Å²) < 4.78 is 1.80. The second kappa shape index (κ2) is 3.59. The molecule has 0 aliphatic heterocycles. The number of nitrogens with two attached hydrogens (primary N) is 1. The smallest absolute Gasteiger partial charge is 0.201 e. The van der Waals surface area contributed by atoms with Crippen molar-refractivity contribution >= 4 is 17.5 Å². The Labute approximate surface area is 93.5 Å². The molecule has 15 heavy (non-hydrogen) atoms. The second-order valence-corrected chi connectivity index (χ2v) is 3.84. The van der Waals surface area contributed by atoms with E-state index in [9.17, 15) is 0 Å². The minimum absolute atomic E-state index is 0.429. The number of nitrogens with zero attached hydrogens (tertiary/aromatic N) is 2. The van der Waals surface area contributed by atoms with Crippen LogP contribution in [-0.2, 0) is 7.05 Å². The number of nitrogen functional groups attached to an aromatic ring is 1. The van der Waals surface area contributed by atoms with Crippen molar-refractivity contribution in [3.63, 3.8) is 0 Å². The number of halogens is 1. The normalized spacial score (nSPS) is 10.6. The summed E-state index contributed by atoms with van der Waals surface area (Å²) in [5, 5.41) is 0.448. The van der Waals surface area contributed by atoms with E-state index in [0.29, 0.717) is 11.1 Å². The molecular weight excluding hydrogens is 210 g/mol. The lowest BCUT2D eigenvalue weighted by Crippen LogP contribution is -1.99. The van der Waals surface area contributed by atoms with Crippen LogP contribution in [0.25, 0.3) is 11.3 Å². The standard InChI is InChI=1S/C11H12ClN3/c1-7-5-3-4-6-8(7)9-10(12)14-11(13)15(9)2/h3-6H,1-2H3,(H2,13,14). The van der Waals surface area contributed by atoms with Crippen molar-refractivity contribution < 1.29 is 0 Å². The molecule has 1 aromatic heterocycles. The first kappa shape index (κ1) is 10.1. The molecule has 1 heterocycles. The molecule has 0 bridgehead atoms. The number of hydrogen-bond acceptors (Lipinski definition) is 2. The van der Waals surface area contributed by atoms with Crippen LogP contribution in [0.15, 0.2) is 24.3 Å². The average Bonchev–Trinajstić information content (AvgIpc) is 2.43. The number of hydrogen-bond donors (Lipinski definition) is 1. The number of benzene rings is 1. The first-order chi connectivity index (χ1) is 7.11. The Morgan fingerprint density at radius 2 is 2.00 bits per heavy atom. The van der Waals surface area contributed by atoms with Gasteiger partial charge in [-0.1, -0.05) is 35.9 Å². The van der Waals surface area contributed by atoms with Crippen molar-refractivity contribution in [1.82, 2.24) is 9.55 Å². The fourth-order valence-corrected chi connectivity index (χ4v) is 1.93. The fourth-order valence-electron chi connectivity index (χ4n) is 1.61. The molecule has 2 N–H and O–H groups in total. The Morgan fingerprint density at radius 1 is 1.33 bits per heavy atom. The number of anilines is 1. The lowest BCUT2D eigenvalue weighted by Gasteiger charge is -2.07. The summed E-state index contributed by atoms with van der Waals surface area (Å²) in [6, 6.07) is 8.01. The predicted octanol–water partition coefficient (Wildman–Crippen LogP) is 2.63. The zero-order valence-corrected chi connectivity index (χ0v) is 9.42. The number of aromatic nitrogens is 2. The Kier molecular flexibility index (Phi) is 2.40. The van der Waals surface area contributed by atoms with E-state index in [0.717, 1.165) is 16.8 Å². The largest absolute Gasteiger partial charge is 0.369 e. The van der Waals surface area contributed by atoms with E-state index in [1.165, 1.54) is 0 Å². The van der Waals surface area contributed by atoms with Crippen LogP contribution in [0.1, 0.15) is 5.56 Å². The molecule has 0 atom stereocenters. The van der Waals surface area contributed by atoms with Crippen molar-refractivity contribution in [3.8, 4) is 11.3 Å². The molecule has 78 valence electrons. The monoisotopic (exact) mass is 221 g/mol. The van der Waals surface area contributed by atoms with E-state index < -0.39 is 0 Å². The van der Waals surface area contributed by atoms with E-state index in [1.807, 2.05) is 38.2 Å². The molecule has 0 aliphatic rings. The molecule has 0 saturated carbocycles. The highest BCUT2D eigenvalue weighted by molar-refractivity contribution is 6.32. The van der Waals surface area contributed by atoms with Gasteiger partial charge >= 0.3 is 0 Å². The third-order valence-corrected chi connectivity index (χ3v) is 2.75. The maximum absolute atomic E-state index is 6.04. The summed E-state index contributed by atoms with van der Waals surface area (Å²) in [6.45, 7) is 2.04. The Bertz CT molecular complexity index is 503. The first-order valence-electron chi connectivity index (χ1n) is 4.65. The van der Waals surface area contributed by atoms with Crippen LogP contribution in [0.2, 0.25) is 5.15 Å². The SMILES string of the molecule is Cc1ccccc1-c1c(Cl)nc(N)n1C.